The number of aromatic hydroxyl groups is 1. The Balaban J connectivity index is 1.69. The molecule has 2 heterocycles. The number of hydrogen-bond donors (Lipinski definition) is 2. The van der Waals surface area contributed by atoms with E-state index in [1.54, 1.807) is 16.6 Å². The number of phenols is 1. The van der Waals surface area contributed by atoms with Crippen LogP contribution in [0.5, 0.6) is 5.75 Å². The number of rotatable bonds is 4. The minimum Gasteiger partial charge on any atom is -0.508 e. The van der Waals surface area contributed by atoms with Crippen LogP contribution in [0.1, 0.15) is 23.6 Å². The average molecular weight is 356 g/mol. The van der Waals surface area contributed by atoms with Crippen LogP contribution in [0.25, 0.3) is 17.3 Å². The maximum absolute atomic E-state index is 9.41. The fourth-order valence-corrected chi connectivity index (χ4v) is 2.97. The maximum Gasteiger partial charge on any atom is 0.164 e. The topological polar surface area (TPSA) is 62.5 Å². The van der Waals surface area contributed by atoms with Crippen LogP contribution in [-0.2, 0) is 0 Å². The van der Waals surface area contributed by atoms with Crippen molar-refractivity contribution in [3.8, 4) is 5.75 Å². The van der Waals surface area contributed by atoms with E-state index >= 15 is 0 Å². The number of aryl methyl sites for hydroxylation is 1. The van der Waals surface area contributed by atoms with Gasteiger partial charge in [0, 0.05) is 17.4 Å². The Morgan fingerprint density at radius 3 is 2.63 bits per heavy atom. The second kappa shape index (κ2) is 6.96. The van der Waals surface area contributed by atoms with Crippen molar-refractivity contribution in [3.63, 3.8) is 0 Å². The van der Waals surface area contributed by atoms with Gasteiger partial charge in [-0.1, -0.05) is 30.3 Å². The summed E-state index contributed by atoms with van der Waals surface area (Å²) in [6.45, 7) is 4.18. The van der Waals surface area contributed by atoms with Crippen molar-refractivity contribution in [2.75, 3.05) is 5.32 Å². The molecule has 0 saturated heterocycles. The Labute approximate surface area is 157 Å². The van der Waals surface area contributed by atoms with Crippen LogP contribution < -0.4 is 5.32 Å². The lowest BCUT2D eigenvalue weighted by atomic mass is 10.0. The molecule has 0 fully saturated rings. The summed E-state index contributed by atoms with van der Waals surface area (Å²) in [4.78, 5) is 4.72. The Bertz CT molecular complexity index is 1130. The third kappa shape index (κ3) is 3.53. The standard InChI is InChI=1S/C22H20N4O/c1-15-5-3-4-6-17(15)13-16(2)20-14-23-26-12-11-21(25-22(20)26)24-18-7-9-19(27)10-8-18/h3-14,27H,1-2H3,(H,24,25)/b16-13+. The van der Waals surface area contributed by atoms with Crippen LogP contribution in [0, 0.1) is 6.92 Å². The van der Waals surface area contributed by atoms with Crippen LogP contribution in [0.15, 0.2) is 67.0 Å². The number of nitrogens with one attached hydrogen (secondary N) is 1. The van der Waals surface area contributed by atoms with E-state index in [1.807, 2.05) is 42.7 Å². The van der Waals surface area contributed by atoms with Crippen molar-refractivity contribution in [3.05, 3.63) is 83.7 Å². The lowest BCUT2D eigenvalue weighted by Crippen LogP contribution is -1.97. The van der Waals surface area contributed by atoms with Gasteiger partial charge in [-0.2, -0.15) is 5.10 Å². The molecule has 0 spiro atoms. The lowest BCUT2D eigenvalue weighted by Gasteiger charge is -2.07. The van der Waals surface area contributed by atoms with Crippen LogP contribution in [0.3, 0.4) is 0 Å². The van der Waals surface area contributed by atoms with E-state index in [4.69, 9.17) is 4.98 Å². The number of nitrogens with zero attached hydrogens (tertiary/aromatic N) is 3. The minimum absolute atomic E-state index is 0.235. The number of aromatic nitrogens is 3. The molecule has 5 nitrogen and oxygen atoms in total. The molecule has 0 amide bonds. The van der Waals surface area contributed by atoms with Crippen molar-refractivity contribution in [1.29, 1.82) is 0 Å². The number of anilines is 2. The number of benzene rings is 2. The van der Waals surface area contributed by atoms with Gasteiger partial charge in [0.05, 0.1) is 6.20 Å². The molecular formula is C22H20N4O. The first-order valence-electron chi connectivity index (χ1n) is 8.75. The highest BCUT2D eigenvalue weighted by atomic mass is 16.3. The van der Waals surface area contributed by atoms with Crippen molar-refractivity contribution >= 4 is 28.8 Å². The van der Waals surface area contributed by atoms with Gasteiger partial charge >= 0.3 is 0 Å². The van der Waals surface area contributed by atoms with Crippen molar-refractivity contribution in [2.45, 2.75) is 13.8 Å². The fourth-order valence-electron chi connectivity index (χ4n) is 2.97. The molecule has 2 aromatic heterocycles. The summed E-state index contributed by atoms with van der Waals surface area (Å²) in [5.74, 6) is 0.956. The number of hydrogen-bond acceptors (Lipinski definition) is 4. The molecule has 0 unspecified atom stereocenters. The quantitative estimate of drug-likeness (QED) is 0.503. The molecule has 5 heteroatoms. The van der Waals surface area contributed by atoms with Crippen molar-refractivity contribution in [2.24, 2.45) is 0 Å². The lowest BCUT2D eigenvalue weighted by molar-refractivity contribution is 0.475. The highest BCUT2D eigenvalue weighted by molar-refractivity contribution is 5.86. The molecule has 4 rings (SSSR count). The maximum atomic E-state index is 9.41. The SMILES string of the molecule is C/C(=C\c1ccccc1C)c1cnn2ccc(Nc3ccc(O)cc3)nc12. The Kier molecular flexibility index (Phi) is 4.34. The molecule has 0 aliphatic carbocycles. The second-order valence-corrected chi connectivity index (χ2v) is 6.50. The van der Waals surface area contributed by atoms with Gasteiger partial charge in [0.25, 0.3) is 0 Å². The smallest absolute Gasteiger partial charge is 0.164 e. The van der Waals surface area contributed by atoms with Gasteiger partial charge < -0.3 is 10.4 Å². The summed E-state index contributed by atoms with van der Waals surface area (Å²) in [5, 5.41) is 17.1. The van der Waals surface area contributed by atoms with E-state index in [0.717, 1.165) is 28.3 Å². The van der Waals surface area contributed by atoms with Crippen molar-refractivity contribution in [1.82, 2.24) is 14.6 Å². The highest BCUT2D eigenvalue weighted by Gasteiger charge is 2.09. The monoisotopic (exact) mass is 356 g/mol. The molecule has 0 aliphatic heterocycles. The normalized spacial score (nSPS) is 11.7. The molecule has 0 radical (unpaired) electrons. The van der Waals surface area contributed by atoms with Gasteiger partial charge in [-0.3, -0.25) is 0 Å². The third-order valence-electron chi connectivity index (χ3n) is 4.49. The molecule has 4 aromatic rings. The summed E-state index contributed by atoms with van der Waals surface area (Å²) in [5.41, 5.74) is 6.17. The van der Waals surface area contributed by atoms with Crippen LogP contribution in [0.2, 0.25) is 0 Å². The predicted molar refractivity (Wildman–Crippen MR) is 109 cm³/mol. The largest absolute Gasteiger partial charge is 0.508 e. The molecule has 0 bridgehead atoms. The van der Waals surface area contributed by atoms with E-state index in [1.165, 1.54) is 11.1 Å². The van der Waals surface area contributed by atoms with Crippen LogP contribution >= 0.6 is 0 Å². The number of fused-ring (bicyclic) bond motifs is 1. The zero-order valence-electron chi connectivity index (χ0n) is 15.2. The Morgan fingerprint density at radius 1 is 1.07 bits per heavy atom. The first kappa shape index (κ1) is 16.8. The summed E-state index contributed by atoms with van der Waals surface area (Å²) in [7, 11) is 0. The minimum atomic E-state index is 0.235. The van der Waals surface area contributed by atoms with E-state index in [9.17, 15) is 5.11 Å². The molecule has 27 heavy (non-hydrogen) atoms. The number of phenolic OH excluding ortho intramolecular Hbond substituents is 1. The van der Waals surface area contributed by atoms with Crippen LogP contribution in [-0.4, -0.2) is 19.7 Å². The Hall–Kier alpha value is -3.60. The van der Waals surface area contributed by atoms with Gasteiger partial charge in [0.2, 0.25) is 0 Å². The van der Waals surface area contributed by atoms with Crippen LogP contribution in [0.4, 0.5) is 11.5 Å². The van der Waals surface area contributed by atoms with Gasteiger partial charge in [-0.15, -0.1) is 0 Å². The fraction of sp³-hybridized carbons (Fsp3) is 0.0909. The zero-order valence-corrected chi connectivity index (χ0v) is 15.2. The second-order valence-electron chi connectivity index (χ2n) is 6.50. The zero-order chi connectivity index (χ0) is 18.8. The molecule has 2 N–H and O–H groups in total. The summed E-state index contributed by atoms with van der Waals surface area (Å²) in [6, 6.07) is 17.1. The summed E-state index contributed by atoms with van der Waals surface area (Å²) in [6.07, 6.45) is 5.89. The first-order valence-corrected chi connectivity index (χ1v) is 8.75. The average Bonchev–Trinajstić information content (AvgIpc) is 3.09. The van der Waals surface area contributed by atoms with E-state index < -0.39 is 0 Å². The highest BCUT2D eigenvalue weighted by Crippen LogP contribution is 2.24. The van der Waals surface area contributed by atoms with Gasteiger partial charge in [-0.05, 0) is 60.9 Å². The first-order chi connectivity index (χ1) is 13.1. The molecule has 2 aromatic carbocycles. The summed E-state index contributed by atoms with van der Waals surface area (Å²) < 4.78 is 1.77. The summed E-state index contributed by atoms with van der Waals surface area (Å²) >= 11 is 0. The van der Waals surface area contributed by atoms with Gasteiger partial charge in [0.1, 0.15) is 11.6 Å². The molecule has 0 aliphatic rings. The van der Waals surface area contributed by atoms with Crippen molar-refractivity contribution < 1.29 is 5.11 Å². The van der Waals surface area contributed by atoms with E-state index in [0.29, 0.717) is 0 Å². The molecule has 134 valence electrons. The third-order valence-corrected chi connectivity index (χ3v) is 4.49. The predicted octanol–water partition coefficient (Wildman–Crippen LogP) is 5.05. The molecular weight excluding hydrogens is 336 g/mol. The van der Waals surface area contributed by atoms with E-state index in [2.05, 4.69) is 42.5 Å². The van der Waals surface area contributed by atoms with Gasteiger partial charge in [-0.25, -0.2) is 9.50 Å². The molecule has 0 saturated carbocycles. The van der Waals surface area contributed by atoms with E-state index in [-0.39, 0.29) is 5.75 Å². The Morgan fingerprint density at radius 2 is 1.85 bits per heavy atom. The number of allylic oxidation sites excluding steroid dienone is 1. The van der Waals surface area contributed by atoms with Gasteiger partial charge in [0.15, 0.2) is 5.65 Å². The molecule has 0 atom stereocenters.